The maximum atomic E-state index is 15.3. The van der Waals surface area contributed by atoms with E-state index in [0.717, 1.165) is 26.5 Å². The zero-order chi connectivity index (χ0) is 82.9. The van der Waals surface area contributed by atoms with Gasteiger partial charge in [-0.15, -0.1) is 11.8 Å². The van der Waals surface area contributed by atoms with Crippen LogP contribution in [0.5, 0.6) is 0 Å². The lowest BCUT2D eigenvalue weighted by Crippen LogP contribution is -2.56. The molecule has 0 aliphatic carbocycles. The highest BCUT2D eigenvalue weighted by molar-refractivity contribution is 7.99. The number of nitrogens with two attached hydrogens (primary N) is 2. The normalized spacial score (nSPS) is 21.6. The van der Waals surface area contributed by atoms with E-state index in [1.807, 2.05) is 13.8 Å². The molecule has 0 spiro atoms. The van der Waals surface area contributed by atoms with Gasteiger partial charge in [0.2, 0.25) is 59.1 Å². The third kappa shape index (κ3) is 26.1. The molecule has 2 aromatic carbocycles. The van der Waals surface area contributed by atoms with Gasteiger partial charge < -0.3 is 88.5 Å². The Morgan fingerprint density at radius 1 is 0.699 bits per heavy atom. The van der Waals surface area contributed by atoms with Crippen LogP contribution in [0.2, 0.25) is 0 Å². The topological polar surface area (TPSA) is 498 Å². The van der Waals surface area contributed by atoms with Crippen LogP contribution in [0.25, 0.3) is 10.9 Å². The Bertz CT molecular complexity index is 4020. The summed E-state index contributed by atoms with van der Waals surface area (Å²) >= 11 is 1.09. The monoisotopic (exact) mass is 1590 g/mol. The highest BCUT2D eigenvalue weighted by Gasteiger charge is 2.47. The summed E-state index contributed by atoms with van der Waals surface area (Å²) in [5.41, 5.74) is 13.0. The third-order valence-electron chi connectivity index (χ3n) is 20.9. The van der Waals surface area contributed by atoms with Crippen LogP contribution in [0, 0.1) is 35.5 Å². The van der Waals surface area contributed by atoms with Crippen LogP contribution < -0.4 is 59.3 Å². The zero-order valence-corrected chi connectivity index (χ0v) is 66.3. The van der Waals surface area contributed by atoms with Gasteiger partial charge >= 0.3 is 18.2 Å². The molecular formula is C77H108N16O19S. The first kappa shape index (κ1) is 89.3. The Kier molecular flexibility index (Phi) is 33.7. The quantitative estimate of drug-likeness (QED) is 0.0350. The number of rotatable bonds is 29. The Morgan fingerprint density at radius 3 is 2.02 bits per heavy atom. The number of para-hydroxylation sites is 1. The number of nitrogens with zero attached hydrogens (tertiary/aromatic N) is 4. The van der Waals surface area contributed by atoms with Crippen molar-refractivity contribution in [2.24, 2.45) is 47.0 Å². The Balaban J connectivity index is 1.03. The summed E-state index contributed by atoms with van der Waals surface area (Å²) in [6.45, 7) is 10.5. The molecule has 12 atom stereocenters. The number of Topliss-reactive ketones (excluding diaryl/α,β-unsaturated/α-hetero) is 2. The molecule has 16 amide bonds. The first-order chi connectivity index (χ1) is 53.7. The number of amides is 16. The van der Waals surface area contributed by atoms with Crippen molar-refractivity contribution < 1.29 is 91.0 Å². The third-order valence-corrected chi connectivity index (χ3v) is 22.1. The second-order valence-electron chi connectivity index (χ2n) is 29.7. The van der Waals surface area contributed by atoms with Crippen LogP contribution >= 0.6 is 11.8 Å². The highest BCUT2D eigenvalue weighted by Crippen LogP contribution is 2.35. The van der Waals surface area contributed by atoms with Gasteiger partial charge in [-0.3, -0.25) is 72.0 Å². The predicted octanol–water partition coefficient (Wildman–Crippen LogP) is 2.08. The van der Waals surface area contributed by atoms with Gasteiger partial charge in [0, 0.05) is 113 Å². The first-order valence-electron chi connectivity index (χ1n) is 38.3. The number of unbranched alkanes of at least 4 members (excludes halogenated alkanes) is 2. The number of thioether (sulfide) groups is 1. The minimum absolute atomic E-state index is 0.0515. The first-order valence-corrected chi connectivity index (χ1v) is 39.3. The number of H-pyrrole nitrogens is 1. The number of aromatic amines is 1. The van der Waals surface area contributed by atoms with E-state index in [1.165, 1.54) is 43.3 Å². The number of nitrogens with one attached hydrogen (secondary N) is 10. The number of urea groups is 1. The van der Waals surface area contributed by atoms with Gasteiger partial charge in [0.05, 0.1) is 42.7 Å². The van der Waals surface area contributed by atoms with Gasteiger partial charge in [-0.1, -0.05) is 98.1 Å². The second kappa shape index (κ2) is 42.6. The van der Waals surface area contributed by atoms with Gasteiger partial charge in [-0.2, -0.15) is 0 Å². The van der Waals surface area contributed by atoms with E-state index < -0.39 is 212 Å². The molecule has 1 aromatic heterocycles. The van der Waals surface area contributed by atoms with Gasteiger partial charge in [-0.05, 0) is 85.1 Å². The number of carbonyl (C=O) groups is 17. The van der Waals surface area contributed by atoms with Crippen LogP contribution in [-0.2, 0) is 89.6 Å². The Hall–Kier alpha value is -10.9. The Labute approximate surface area is 659 Å². The highest BCUT2D eigenvalue weighted by atomic mass is 32.2. The smallest absolute Gasteiger partial charge is 0.409 e. The van der Waals surface area contributed by atoms with Crippen molar-refractivity contribution in [3.63, 3.8) is 0 Å². The number of likely N-dealkylation sites (N-methyl/N-ethyl adjacent to an activating group) is 2. The lowest BCUT2D eigenvalue weighted by Gasteiger charge is -2.33. The summed E-state index contributed by atoms with van der Waals surface area (Å²) < 4.78 is 11.5. The van der Waals surface area contributed by atoms with Crippen molar-refractivity contribution >= 4 is 129 Å². The van der Waals surface area contributed by atoms with Crippen molar-refractivity contribution in [1.82, 2.24) is 67.1 Å². The molecule has 616 valence electrons. The van der Waals surface area contributed by atoms with E-state index in [-0.39, 0.29) is 76.6 Å². The van der Waals surface area contributed by atoms with Crippen molar-refractivity contribution in [3.05, 3.63) is 71.8 Å². The summed E-state index contributed by atoms with van der Waals surface area (Å²) in [7, 11) is 2.79. The molecule has 1 fully saturated rings. The van der Waals surface area contributed by atoms with Crippen LogP contribution in [0.4, 0.5) is 20.1 Å². The van der Waals surface area contributed by atoms with E-state index in [4.69, 9.17) is 20.9 Å². The minimum Gasteiger partial charge on any atom is -0.445 e. The molecule has 1 saturated heterocycles. The summed E-state index contributed by atoms with van der Waals surface area (Å²) in [6, 6.07) is 4.97. The number of primary amides is 2. The van der Waals surface area contributed by atoms with Gasteiger partial charge in [0.25, 0.3) is 11.8 Å². The number of imide groups is 1. The lowest BCUT2D eigenvalue weighted by atomic mass is 9.81. The molecule has 3 aromatic rings. The summed E-state index contributed by atoms with van der Waals surface area (Å²) in [6.07, 6.45) is -0.303. The number of benzene rings is 2. The average Bonchev–Trinajstić information content (AvgIpc) is 1.63. The number of fused-ring (bicyclic) bond motifs is 5. The number of aromatic nitrogens is 1. The number of ketones is 2. The second-order valence-corrected chi connectivity index (χ2v) is 30.7. The van der Waals surface area contributed by atoms with Gasteiger partial charge in [0.1, 0.15) is 36.9 Å². The fraction of sp³-hybridized carbons (Fsp3) is 0.571. The van der Waals surface area contributed by atoms with Crippen LogP contribution in [0.3, 0.4) is 0 Å². The number of hydrogen-bond donors (Lipinski definition) is 12. The van der Waals surface area contributed by atoms with Crippen LogP contribution in [0.1, 0.15) is 137 Å². The number of hydrogen-bond acceptors (Lipinski definition) is 20. The fourth-order valence-electron chi connectivity index (χ4n) is 13.6. The van der Waals surface area contributed by atoms with E-state index >= 15 is 14.4 Å². The maximum Gasteiger partial charge on any atom is 0.409 e. The molecule has 35 nitrogen and oxygen atoms in total. The SMILES string of the molecule is CC[C@H](C)[C@H](C)[C@@H]1NC(=O)C2C[C@@H](OC(=O)N(C)CCN(C)C(=O)OCc3ccc(NC(=O)[C@H](CCCNC(N)=O)NC(=O)[C@@H](NC(=O)CCCCCN4C(=O)C=CC4=O)C(C)C)cc3)CN2C(=O)[C@H](CC(N)=O)CC(=O)[C@@H]2CSc3[nH]c4ccccc4c3C[C@H](CC1=O)C(=O)NCC(=O)N[C@@H]([C@@H](C)CC)C(=O)NCC(=O)N2. The van der Waals surface area contributed by atoms with E-state index in [2.05, 4.69) is 52.8 Å². The van der Waals surface area contributed by atoms with Gasteiger partial charge in [0.15, 0.2) is 11.6 Å². The number of anilines is 1. The molecule has 14 N–H and O–H groups in total. The molecule has 5 heterocycles. The maximum absolute atomic E-state index is 15.3. The van der Waals surface area contributed by atoms with Crippen LogP contribution in [-0.4, -0.2) is 233 Å². The molecule has 4 aliphatic heterocycles. The molecule has 7 rings (SSSR count). The predicted molar refractivity (Wildman–Crippen MR) is 413 cm³/mol. The largest absolute Gasteiger partial charge is 0.445 e. The van der Waals surface area contributed by atoms with Crippen molar-refractivity contribution in [1.29, 1.82) is 0 Å². The summed E-state index contributed by atoms with van der Waals surface area (Å²) in [5.74, 6) is -14.3. The summed E-state index contributed by atoms with van der Waals surface area (Å²) in [5, 5.41) is 25.2. The lowest BCUT2D eigenvalue weighted by molar-refractivity contribution is -0.145. The van der Waals surface area contributed by atoms with E-state index in [0.29, 0.717) is 64.8 Å². The van der Waals surface area contributed by atoms with Crippen molar-refractivity contribution in [2.75, 3.05) is 71.0 Å². The van der Waals surface area contributed by atoms with Crippen molar-refractivity contribution in [3.8, 4) is 0 Å². The molecule has 1 unspecified atom stereocenters. The number of carbonyl (C=O) groups excluding carboxylic acids is 17. The van der Waals surface area contributed by atoms with E-state index in [9.17, 15) is 67.1 Å². The molecule has 113 heavy (non-hydrogen) atoms. The molecule has 0 radical (unpaired) electrons. The molecule has 2 bridgehead atoms. The standard InChI is InChI=1S/C77H108N16O19S/c1-10-43(5)45(7)67-58(95)33-47-32-52-51-18-14-15-19-53(51)86-73(52)113-41-55(84-61(98)37-82-71(105)66(44(6)11-2)88-62(99)38-81-68(47)102)57(94)34-48(35-59(78)96)74(107)93-39-50(36-56(93)70(104)89-67)112-77(110)91(9)31-30-90(8)76(109)111-40-46-22-24-49(25-23-46)83-69(103)54(20-17-28-80-75(79)108)85-72(106)65(42(3)4)87-60(97)21-13-12-16-29-92-63(100)26-27-64(92)101/h14-15,18-19,22-27,42-45,47-48,50,54-56,65-67,86H,10-13,16-17,20-21,28-41H2,1-9H3,(H2,78,96)(H,81,102)(H,82,105)(H,83,103)(H,84,98)(H,85,106)(H,87,97)(H,88,99)(H,89,104)(H3,79,80,108)/t43-,44-,45-,47+,48-,50+,54-,55-,56?,65-,66-,67-/m0/s1. The average molecular weight is 1590 g/mol. The van der Waals surface area contributed by atoms with Crippen molar-refractivity contribution in [2.45, 2.75) is 186 Å². The van der Waals surface area contributed by atoms with E-state index in [1.54, 1.807) is 71.0 Å². The molecule has 36 heteroatoms. The van der Waals surface area contributed by atoms with Gasteiger partial charge in [-0.25, -0.2) is 14.4 Å². The van der Waals surface area contributed by atoms with Crippen LogP contribution in [0.15, 0.2) is 65.7 Å². The Morgan fingerprint density at radius 2 is 1.36 bits per heavy atom. The summed E-state index contributed by atoms with van der Waals surface area (Å²) in [4.78, 5) is 241. The minimum atomic E-state index is -1.57. The number of ether oxygens (including phenoxy) is 2. The molecular weight excluding hydrogens is 1490 g/mol. The zero-order valence-electron chi connectivity index (χ0n) is 65.4. The molecule has 0 saturated carbocycles. The fourth-order valence-corrected chi connectivity index (χ4v) is 14.7. The molecule has 4 aliphatic rings.